The van der Waals surface area contributed by atoms with Gasteiger partial charge in [0.2, 0.25) is 0 Å². The SMILES string of the molecule is C=C=COC(CCCC)c1cc2ccccc2n1Cc1ccccc1. The first kappa shape index (κ1) is 17.1. The van der Waals surface area contributed by atoms with Gasteiger partial charge in [-0.1, -0.05) is 74.2 Å². The number of unbranched alkanes of at least 4 members (excludes halogenated alkanes) is 1. The van der Waals surface area contributed by atoms with Crippen molar-refractivity contribution in [2.75, 3.05) is 0 Å². The molecule has 0 saturated carbocycles. The predicted octanol–water partition coefficient (Wildman–Crippen LogP) is 6.24. The smallest absolute Gasteiger partial charge is 0.139 e. The number of benzene rings is 2. The van der Waals surface area contributed by atoms with Crippen molar-refractivity contribution in [2.45, 2.75) is 38.8 Å². The number of hydrogen-bond donors (Lipinski definition) is 0. The normalized spacial score (nSPS) is 11.9. The van der Waals surface area contributed by atoms with Crippen LogP contribution in [0.3, 0.4) is 0 Å². The molecule has 2 nitrogen and oxygen atoms in total. The van der Waals surface area contributed by atoms with E-state index in [1.165, 1.54) is 22.2 Å². The molecule has 0 aliphatic rings. The summed E-state index contributed by atoms with van der Waals surface area (Å²) in [5.74, 6) is 0. The van der Waals surface area contributed by atoms with E-state index in [0.29, 0.717) is 0 Å². The number of para-hydroxylation sites is 1. The maximum atomic E-state index is 5.97. The molecule has 1 unspecified atom stereocenters. The molecule has 3 aromatic rings. The van der Waals surface area contributed by atoms with Gasteiger partial charge in [-0.25, -0.2) is 0 Å². The second-order valence-corrected chi connectivity index (χ2v) is 6.29. The molecule has 0 fully saturated rings. The van der Waals surface area contributed by atoms with Crippen molar-refractivity contribution in [1.29, 1.82) is 0 Å². The van der Waals surface area contributed by atoms with Crippen LogP contribution in [-0.2, 0) is 11.3 Å². The maximum absolute atomic E-state index is 5.97. The van der Waals surface area contributed by atoms with Gasteiger partial charge in [0.15, 0.2) is 0 Å². The highest BCUT2D eigenvalue weighted by Gasteiger charge is 2.19. The van der Waals surface area contributed by atoms with E-state index in [2.05, 4.69) is 84.5 Å². The molecule has 0 aliphatic carbocycles. The first-order valence-corrected chi connectivity index (χ1v) is 8.95. The number of fused-ring (bicyclic) bond motifs is 1. The van der Waals surface area contributed by atoms with Crippen LogP contribution in [0, 0.1) is 0 Å². The van der Waals surface area contributed by atoms with E-state index in [4.69, 9.17) is 4.74 Å². The first-order chi connectivity index (χ1) is 12.3. The van der Waals surface area contributed by atoms with Crippen molar-refractivity contribution in [3.63, 3.8) is 0 Å². The van der Waals surface area contributed by atoms with Gasteiger partial charge in [0, 0.05) is 17.4 Å². The molecule has 0 saturated heterocycles. The summed E-state index contributed by atoms with van der Waals surface area (Å²) >= 11 is 0. The summed E-state index contributed by atoms with van der Waals surface area (Å²) in [5.41, 5.74) is 6.49. The van der Waals surface area contributed by atoms with Crippen LogP contribution in [0.25, 0.3) is 10.9 Å². The maximum Gasteiger partial charge on any atom is 0.139 e. The van der Waals surface area contributed by atoms with Crippen molar-refractivity contribution in [2.24, 2.45) is 0 Å². The number of hydrogen-bond acceptors (Lipinski definition) is 1. The van der Waals surface area contributed by atoms with Gasteiger partial charge in [-0.05, 0) is 30.5 Å². The van der Waals surface area contributed by atoms with Crippen LogP contribution in [0.2, 0.25) is 0 Å². The molecule has 0 spiro atoms. The molecule has 25 heavy (non-hydrogen) atoms. The Hall–Kier alpha value is -2.70. The minimum Gasteiger partial charge on any atom is -0.484 e. The molecular formula is C23H25NO. The van der Waals surface area contributed by atoms with Crippen molar-refractivity contribution < 1.29 is 4.74 Å². The summed E-state index contributed by atoms with van der Waals surface area (Å²) in [6.45, 7) is 6.68. The molecule has 0 aliphatic heterocycles. The van der Waals surface area contributed by atoms with Crippen LogP contribution >= 0.6 is 0 Å². The van der Waals surface area contributed by atoms with Gasteiger partial charge >= 0.3 is 0 Å². The number of ether oxygens (including phenoxy) is 1. The average Bonchev–Trinajstić information content (AvgIpc) is 3.01. The third kappa shape index (κ3) is 4.04. The molecular weight excluding hydrogens is 306 g/mol. The largest absolute Gasteiger partial charge is 0.484 e. The molecule has 0 N–H and O–H groups in total. The van der Waals surface area contributed by atoms with Crippen molar-refractivity contribution in [3.05, 3.63) is 90.5 Å². The zero-order valence-electron chi connectivity index (χ0n) is 14.8. The monoisotopic (exact) mass is 331 g/mol. The van der Waals surface area contributed by atoms with Gasteiger partial charge in [0.1, 0.15) is 12.4 Å². The lowest BCUT2D eigenvalue weighted by Crippen LogP contribution is -2.10. The standard InChI is InChI=1S/C23H25NO/c1-3-5-15-23(25-16-4-2)22-17-20-13-9-10-14-21(20)24(22)18-19-11-7-6-8-12-19/h6-14,16-17,23H,2-3,5,15,18H2,1H3. The Morgan fingerprint density at radius 3 is 2.64 bits per heavy atom. The molecule has 1 heterocycles. The Morgan fingerprint density at radius 1 is 1.12 bits per heavy atom. The van der Waals surface area contributed by atoms with Crippen LogP contribution in [0.5, 0.6) is 0 Å². The summed E-state index contributed by atoms with van der Waals surface area (Å²) < 4.78 is 8.34. The summed E-state index contributed by atoms with van der Waals surface area (Å²) in [4.78, 5) is 0. The van der Waals surface area contributed by atoms with Crippen LogP contribution in [0.4, 0.5) is 0 Å². The minimum absolute atomic E-state index is 0.0188. The fourth-order valence-corrected chi connectivity index (χ4v) is 3.25. The van der Waals surface area contributed by atoms with Gasteiger partial charge in [0.05, 0.1) is 5.69 Å². The second-order valence-electron chi connectivity index (χ2n) is 6.29. The van der Waals surface area contributed by atoms with Gasteiger partial charge < -0.3 is 9.30 Å². The molecule has 1 atom stereocenters. The lowest BCUT2D eigenvalue weighted by molar-refractivity contribution is 0.128. The zero-order valence-corrected chi connectivity index (χ0v) is 14.8. The van der Waals surface area contributed by atoms with E-state index in [9.17, 15) is 0 Å². The lowest BCUT2D eigenvalue weighted by Gasteiger charge is -2.19. The van der Waals surface area contributed by atoms with Crippen LogP contribution in [-0.4, -0.2) is 4.57 Å². The Kier molecular flexibility index (Phi) is 5.77. The Balaban J connectivity index is 2.05. The van der Waals surface area contributed by atoms with Crippen LogP contribution in [0.15, 0.2) is 79.2 Å². The highest BCUT2D eigenvalue weighted by Crippen LogP contribution is 2.30. The van der Waals surface area contributed by atoms with E-state index in [1.54, 1.807) is 6.26 Å². The third-order valence-electron chi connectivity index (χ3n) is 4.49. The van der Waals surface area contributed by atoms with Gasteiger partial charge in [0.25, 0.3) is 0 Å². The zero-order chi connectivity index (χ0) is 17.5. The summed E-state index contributed by atoms with van der Waals surface area (Å²) in [5, 5.41) is 1.25. The number of aromatic nitrogens is 1. The van der Waals surface area contributed by atoms with Crippen LogP contribution in [0.1, 0.15) is 43.5 Å². The van der Waals surface area contributed by atoms with Crippen molar-refractivity contribution in [3.8, 4) is 0 Å². The summed E-state index contributed by atoms with van der Waals surface area (Å²) in [6.07, 6.45) is 4.87. The number of rotatable bonds is 8. The van der Waals surface area contributed by atoms with E-state index >= 15 is 0 Å². The molecule has 0 amide bonds. The second kappa shape index (κ2) is 8.41. The molecule has 0 bridgehead atoms. The first-order valence-electron chi connectivity index (χ1n) is 8.95. The van der Waals surface area contributed by atoms with Gasteiger partial charge in [-0.3, -0.25) is 0 Å². The Labute approximate surface area is 150 Å². The molecule has 2 aromatic carbocycles. The van der Waals surface area contributed by atoms with E-state index in [-0.39, 0.29) is 6.10 Å². The van der Waals surface area contributed by atoms with E-state index < -0.39 is 0 Å². The van der Waals surface area contributed by atoms with Gasteiger partial charge in [-0.2, -0.15) is 0 Å². The lowest BCUT2D eigenvalue weighted by atomic mass is 10.1. The fraction of sp³-hybridized carbons (Fsp3) is 0.261. The predicted molar refractivity (Wildman–Crippen MR) is 105 cm³/mol. The highest BCUT2D eigenvalue weighted by atomic mass is 16.5. The molecule has 128 valence electrons. The number of nitrogens with zero attached hydrogens (tertiary/aromatic N) is 1. The van der Waals surface area contributed by atoms with Gasteiger partial charge in [-0.15, -0.1) is 0 Å². The van der Waals surface area contributed by atoms with Crippen LogP contribution < -0.4 is 0 Å². The Morgan fingerprint density at radius 2 is 1.88 bits per heavy atom. The van der Waals surface area contributed by atoms with Crippen molar-refractivity contribution >= 4 is 10.9 Å². The minimum atomic E-state index is 0.0188. The van der Waals surface area contributed by atoms with E-state index in [0.717, 1.165) is 25.8 Å². The summed E-state index contributed by atoms with van der Waals surface area (Å²) in [6, 6.07) is 21.4. The fourth-order valence-electron chi connectivity index (χ4n) is 3.25. The molecule has 0 radical (unpaired) electrons. The third-order valence-corrected chi connectivity index (χ3v) is 4.49. The van der Waals surface area contributed by atoms with Crippen molar-refractivity contribution in [1.82, 2.24) is 4.57 Å². The van der Waals surface area contributed by atoms with E-state index in [1.807, 2.05) is 0 Å². The quantitative estimate of drug-likeness (QED) is 0.352. The molecule has 3 rings (SSSR count). The molecule has 2 heteroatoms. The topological polar surface area (TPSA) is 14.2 Å². The average molecular weight is 331 g/mol. The molecule has 1 aromatic heterocycles. The highest BCUT2D eigenvalue weighted by molar-refractivity contribution is 5.81. The summed E-state index contributed by atoms with van der Waals surface area (Å²) in [7, 11) is 0. The Bertz CT molecular complexity index is 856.